The highest BCUT2D eigenvalue weighted by molar-refractivity contribution is 5.75. The van der Waals surface area contributed by atoms with Crippen LogP contribution >= 0.6 is 0 Å². The summed E-state index contributed by atoms with van der Waals surface area (Å²) in [6.07, 6.45) is 1.94. The van der Waals surface area contributed by atoms with Gasteiger partial charge >= 0.3 is 6.03 Å². The highest BCUT2D eigenvalue weighted by Crippen LogP contribution is 2.24. The van der Waals surface area contributed by atoms with E-state index >= 15 is 0 Å². The van der Waals surface area contributed by atoms with Gasteiger partial charge in [0.05, 0.1) is 5.54 Å². The first kappa shape index (κ1) is 17.5. The second-order valence-electron chi connectivity index (χ2n) is 7.05. The molecule has 0 aromatic heterocycles. The lowest BCUT2D eigenvalue weighted by molar-refractivity contribution is 0.125. The predicted molar refractivity (Wildman–Crippen MR) is 94.1 cm³/mol. The highest BCUT2D eigenvalue weighted by atomic mass is 16.3. The summed E-state index contributed by atoms with van der Waals surface area (Å²) in [4.78, 5) is 14.4. The van der Waals surface area contributed by atoms with E-state index in [1.807, 2.05) is 43.9 Å². The molecule has 1 saturated heterocycles. The van der Waals surface area contributed by atoms with Crippen LogP contribution in [0.1, 0.15) is 44.7 Å². The quantitative estimate of drug-likeness (QED) is 0.895. The number of allylic oxidation sites excluding steroid dienone is 1. The minimum Gasteiger partial charge on any atom is -0.396 e. The number of benzene rings is 1. The second kappa shape index (κ2) is 7.18. The van der Waals surface area contributed by atoms with Crippen LogP contribution in [0.2, 0.25) is 0 Å². The van der Waals surface area contributed by atoms with E-state index in [1.54, 1.807) is 0 Å². The Morgan fingerprint density at radius 3 is 2.87 bits per heavy atom. The highest BCUT2D eigenvalue weighted by Gasteiger charge is 2.28. The van der Waals surface area contributed by atoms with Crippen LogP contribution in [0.5, 0.6) is 0 Å². The van der Waals surface area contributed by atoms with E-state index in [0.717, 1.165) is 36.1 Å². The fourth-order valence-corrected chi connectivity index (χ4v) is 2.99. The molecule has 0 radical (unpaired) electrons. The summed E-state index contributed by atoms with van der Waals surface area (Å²) in [5.41, 5.74) is 2.69. The topological polar surface area (TPSA) is 52.6 Å². The van der Waals surface area contributed by atoms with Crippen molar-refractivity contribution in [2.75, 3.05) is 19.7 Å². The van der Waals surface area contributed by atoms with Crippen molar-refractivity contribution in [2.45, 2.75) is 39.2 Å². The number of hydrogen-bond acceptors (Lipinski definition) is 2. The monoisotopic (exact) mass is 316 g/mol. The van der Waals surface area contributed by atoms with E-state index in [0.29, 0.717) is 6.54 Å². The predicted octanol–water partition coefficient (Wildman–Crippen LogP) is 3.37. The van der Waals surface area contributed by atoms with E-state index in [2.05, 4.69) is 18.0 Å². The lowest BCUT2D eigenvalue weighted by Gasteiger charge is -2.35. The molecule has 0 saturated carbocycles. The molecule has 126 valence electrons. The molecule has 1 unspecified atom stereocenters. The van der Waals surface area contributed by atoms with Crippen LogP contribution in [-0.2, 0) is 5.54 Å². The molecule has 2 N–H and O–H groups in total. The molecule has 1 aliphatic heterocycles. The maximum atomic E-state index is 12.6. The van der Waals surface area contributed by atoms with Crippen LogP contribution in [0.25, 0.3) is 5.57 Å². The molecule has 0 spiro atoms. The number of hydrogen-bond donors (Lipinski definition) is 2. The molecule has 0 aliphatic carbocycles. The third-order valence-corrected chi connectivity index (χ3v) is 4.56. The van der Waals surface area contributed by atoms with Gasteiger partial charge in [-0.05, 0) is 56.7 Å². The minimum atomic E-state index is -0.464. The Bertz CT molecular complexity index is 580. The zero-order valence-corrected chi connectivity index (χ0v) is 14.4. The third kappa shape index (κ3) is 4.35. The molecule has 23 heavy (non-hydrogen) atoms. The summed E-state index contributed by atoms with van der Waals surface area (Å²) in [6, 6.07) is 8.07. The summed E-state index contributed by atoms with van der Waals surface area (Å²) >= 11 is 0. The SMILES string of the molecule is C=C(C)c1cccc(C(C)(C)NC(=O)N2CCCC(CO)C2)c1. The number of nitrogens with zero attached hydrogens (tertiary/aromatic N) is 1. The van der Waals surface area contributed by atoms with Gasteiger partial charge in [0, 0.05) is 19.7 Å². The number of carbonyl (C=O) groups is 1. The first-order valence-electron chi connectivity index (χ1n) is 8.28. The number of aliphatic hydroxyl groups excluding tert-OH is 1. The fraction of sp³-hybridized carbons (Fsp3) is 0.526. The number of amides is 2. The van der Waals surface area contributed by atoms with Crippen LogP contribution < -0.4 is 5.32 Å². The summed E-state index contributed by atoms with van der Waals surface area (Å²) in [5.74, 6) is 0.198. The van der Waals surface area contributed by atoms with Crippen LogP contribution in [-0.4, -0.2) is 35.7 Å². The molecule has 1 aromatic carbocycles. The Morgan fingerprint density at radius 2 is 2.22 bits per heavy atom. The van der Waals surface area contributed by atoms with Crippen molar-refractivity contribution in [3.8, 4) is 0 Å². The molecule has 2 amide bonds. The zero-order chi connectivity index (χ0) is 17.0. The maximum Gasteiger partial charge on any atom is 0.318 e. The van der Waals surface area contributed by atoms with Crippen molar-refractivity contribution in [3.05, 3.63) is 42.0 Å². The van der Waals surface area contributed by atoms with E-state index < -0.39 is 5.54 Å². The van der Waals surface area contributed by atoms with E-state index in [4.69, 9.17) is 0 Å². The van der Waals surface area contributed by atoms with Crippen molar-refractivity contribution < 1.29 is 9.90 Å². The second-order valence-corrected chi connectivity index (χ2v) is 7.05. The Morgan fingerprint density at radius 1 is 1.48 bits per heavy atom. The van der Waals surface area contributed by atoms with Gasteiger partial charge in [-0.2, -0.15) is 0 Å². The molecule has 0 bridgehead atoms. The molecule has 2 rings (SSSR count). The van der Waals surface area contributed by atoms with Crippen molar-refractivity contribution in [2.24, 2.45) is 5.92 Å². The van der Waals surface area contributed by atoms with E-state index in [-0.39, 0.29) is 18.6 Å². The molecular weight excluding hydrogens is 288 g/mol. The van der Waals surface area contributed by atoms with Gasteiger partial charge in [0.25, 0.3) is 0 Å². The van der Waals surface area contributed by atoms with Gasteiger partial charge in [0.15, 0.2) is 0 Å². The smallest absolute Gasteiger partial charge is 0.318 e. The average molecular weight is 316 g/mol. The van der Waals surface area contributed by atoms with Gasteiger partial charge < -0.3 is 15.3 Å². The van der Waals surface area contributed by atoms with Crippen molar-refractivity contribution in [1.82, 2.24) is 10.2 Å². The molecule has 1 heterocycles. The minimum absolute atomic E-state index is 0.0612. The number of aliphatic hydroxyl groups is 1. The number of piperidine rings is 1. The Kier molecular flexibility index (Phi) is 5.47. The van der Waals surface area contributed by atoms with E-state index in [9.17, 15) is 9.90 Å². The van der Waals surface area contributed by atoms with Crippen LogP contribution in [0.4, 0.5) is 4.79 Å². The van der Waals surface area contributed by atoms with Gasteiger partial charge in [0.2, 0.25) is 0 Å². The van der Waals surface area contributed by atoms with E-state index in [1.165, 1.54) is 0 Å². The number of urea groups is 1. The van der Waals surface area contributed by atoms with Gasteiger partial charge in [-0.15, -0.1) is 0 Å². The molecule has 1 atom stereocenters. The summed E-state index contributed by atoms with van der Waals surface area (Å²) in [7, 11) is 0. The Balaban J connectivity index is 2.09. The molecule has 1 aromatic rings. The largest absolute Gasteiger partial charge is 0.396 e. The molecule has 1 fully saturated rings. The Labute approximate surface area is 139 Å². The van der Waals surface area contributed by atoms with Crippen molar-refractivity contribution >= 4 is 11.6 Å². The molecular formula is C19H28N2O2. The lowest BCUT2D eigenvalue weighted by Crippen LogP contribution is -2.51. The standard InChI is InChI=1S/C19H28N2O2/c1-14(2)16-8-5-9-17(11-16)19(3,4)20-18(23)21-10-6-7-15(12-21)13-22/h5,8-9,11,15,22H,1,6-7,10,12-13H2,2-4H3,(H,20,23). The molecule has 4 heteroatoms. The first-order chi connectivity index (χ1) is 10.8. The maximum absolute atomic E-state index is 12.6. The Hall–Kier alpha value is -1.81. The van der Waals surface area contributed by atoms with Gasteiger partial charge in [0.1, 0.15) is 0 Å². The number of carbonyl (C=O) groups excluding carboxylic acids is 1. The number of nitrogens with one attached hydrogen (secondary N) is 1. The summed E-state index contributed by atoms with van der Waals surface area (Å²) < 4.78 is 0. The molecule has 4 nitrogen and oxygen atoms in total. The summed E-state index contributed by atoms with van der Waals surface area (Å²) in [5, 5.41) is 12.4. The normalized spacial score (nSPS) is 18.6. The third-order valence-electron chi connectivity index (χ3n) is 4.56. The van der Waals surface area contributed by atoms with Gasteiger partial charge in [-0.25, -0.2) is 4.79 Å². The van der Waals surface area contributed by atoms with Crippen LogP contribution in [0.15, 0.2) is 30.8 Å². The van der Waals surface area contributed by atoms with Crippen LogP contribution in [0.3, 0.4) is 0 Å². The first-order valence-corrected chi connectivity index (χ1v) is 8.28. The molecule has 1 aliphatic rings. The van der Waals surface area contributed by atoms with Gasteiger partial charge in [-0.3, -0.25) is 0 Å². The lowest BCUT2D eigenvalue weighted by atomic mass is 9.91. The van der Waals surface area contributed by atoms with Crippen molar-refractivity contribution in [1.29, 1.82) is 0 Å². The average Bonchev–Trinajstić information content (AvgIpc) is 2.54. The van der Waals surface area contributed by atoms with Crippen molar-refractivity contribution in [3.63, 3.8) is 0 Å². The number of rotatable bonds is 4. The van der Waals surface area contributed by atoms with Crippen LogP contribution in [0, 0.1) is 5.92 Å². The summed E-state index contributed by atoms with van der Waals surface area (Å²) in [6.45, 7) is 11.5. The zero-order valence-electron chi connectivity index (χ0n) is 14.4. The fourth-order valence-electron chi connectivity index (χ4n) is 2.99. The number of likely N-dealkylation sites (tertiary alicyclic amines) is 1. The van der Waals surface area contributed by atoms with Gasteiger partial charge in [-0.1, -0.05) is 30.4 Å².